The van der Waals surface area contributed by atoms with E-state index in [1.165, 1.54) is 14.2 Å². The first-order chi connectivity index (χ1) is 16.2. The number of nitrogens with zero attached hydrogens (tertiary/aromatic N) is 1. The molecule has 0 radical (unpaired) electrons. The Balaban J connectivity index is 1.70. The lowest BCUT2D eigenvalue weighted by atomic mass is 10.0. The summed E-state index contributed by atoms with van der Waals surface area (Å²) in [5.74, 6) is -0.127. The summed E-state index contributed by atoms with van der Waals surface area (Å²) in [5, 5.41) is 0. The molecule has 0 saturated carbocycles. The molecule has 0 spiro atoms. The number of carbonyl (C=O) groups is 2. The van der Waals surface area contributed by atoms with Crippen molar-refractivity contribution in [1.82, 2.24) is 4.31 Å². The molecule has 0 saturated heterocycles. The van der Waals surface area contributed by atoms with E-state index < -0.39 is 15.9 Å². The van der Waals surface area contributed by atoms with E-state index in [1.807, 2.05) is 42.5 Å². The van der Waals surface area contributed by atoms with Gasteiger partial charge in [-0.25, -0.2) is 12.7 Å². The van der Waals surface area contributed by atoms with Gasteiger partial charge in [-0.1, -0.05) is 66.7 Å². The first-order valence-corrected chi connectivity index (χ1v) is 12.5. The van der Waals surface area contributed by atoms with Gasteiger partial charge >= 0.3 is 0 Å². The maximum Gasteiger partial charge on any atom is 0.236 e. The molecule has 0 aliphatic heterocycles. The maximum absolute atomic E-state index is 12.8. The third kappa shape index (κ3) is 6.02. The van der Waals surface area contributed by atoms with Crippen LogP contribution in [0.3, 0.4) is 0 Å². The zero-order chi connectivity index (χ0) is 24.7. The van der Waals surface area contributed by atoms with E-state index in [0.29, 0.717) is 22.6 Å². The number of hydrogen-bond acceptors (Lipinski definition) is 6. The predicted octanol–water partition coefficient (Wildman–Crippen LogP) is 4.32. The quantitative estimate of drug-likeness (QED) is 0.401. The third-order valence-corrected chi connectivity index (χ3v) is 6.49. The Labute approximate surface area is 200 Å². The SMILES string of the molecule is COc1cccc(CN(C(=O)CCC(=O)c2ccc(-c3ccccc3)cc2)S(C)(=O)=O)c1OC. The fourth-order valence-corrected chi connectivity index (χ4v) is 4.43. The molecule has 0 heterocycles. The molecule has 0 bridgehead atoms. The van der Waals surface area contributed by atoms with Crippen LogP contribution in [0.25, 0.3) is 11.1 Å². The molecule has 0 unspecified atom stereocenters. The molecule has 178 valence electrons. The number of benzene rings is 3. The van der Waals surface area contributed by atoms with Crippen LogP contribution in [0.1, 0.15) is 28.8 Å². The van der Waals surface area contributed by atoms with Gasteiger partial charge in [-0.3, -0.25) is 9.59 Å². The molecular formula is C26H27NO6S. The lowest BCUT2D eigenvalue weighted by Gasteiger charge is -2.22. The van der Waals surface area contributed by atoms with Crippen molar-refractivity contribution in [2.24, 2.45) is 0 Å². The lowest BCUT2D eigenvalue weighted by Crippen LogP contribution is -2.35. The fourth-order valence-electron chi connectivity index (χ4n) is 3.59. The van der Waals surface area contributed by atoms with E-state index in [0.717, 1.165) is 21.7 Å². The Morgan fingerprint density at radius 1 is 0.794 bits per heavy atom. The van der Waals surface area contributed by atoms with Gasteiger partial charge in [0.2, 0.25) is 15.9 Å². The van der Waals surface area contributed by atoms with Crippen LogP contribution >= 0.6 is 0 Å². The summed E-state index contributed by atoms with van der Waals surface area (Å²) >= 11 is 0. The van der Waals surface area contributed by atoms with Crippen LogP contribution in [0.2, 0.25) is 0 Å². The van der Waals surface area contributed by atoms with Crippen molar-refractivity contribution < 1.29 is 27.5 Å². The molecule has 1 amide bonds. The molecule has 3 rings (SSSR count). The summed E-state index contributed by atoms with van der Waals surface area (Å²) in [6.45, 7) is -0.224. The number of para-hydroxylation sites is 1. The van der Waals surface area contributed by atoms with Gasteiger partial charge in [-0.2, -0.15) is 0 Å². The second-order valence-corrected chi connectivity index (χ2v) is 9.59. The van der Waals surface area contributed by atoms with E-state index in [1.54, 1.807) is 30.3 Å². The summed E-state index contributed by atoms with van der Waals surface area (Å²) in [5.41, 5.74) is 2.95. The van der Waals surface area contributed by atoms with Crippen molar-refractivity contribution in [3.8, 4) is 22.6 Å². The molecule has 0 fully saturated rings. The minimum atomic E-state index is -3.88. The van der Waals surface area contributed by atoms with Gasteiger partial charge in [0.1, 0.15) is 0 Å². The maximum atomic E-state index is 12.8. The minimum Gasteiger partial charge on any atom is -0.493 e. The van der Waals surface area contributed by atoms with Gasteiger partial charge < -0.3 is 9.47 Å². The Morgan fingerprint density at radius 3 is 2.03 bits per heavy atom. The minimum absolute atomic E-state index is 0.106. The van der Waals surface area contributed by atoms with Gasteiger partial charge in [0.25, 0.3) is 0 Å². The zero-order valence-corrected chi connectivity index (χ0v) is 20.2. The number of carbonyl (C=O) groups excluding carboxylic acids is 2. The van der Waals surface area contributed by atoms with Crippen LogP contribution in [0, 0.1) is 0 Å². The van der Waals surface area contributed by atoms with Crippen LogP contribution in [-0.2, 0) is 21.4 Å². The number of rotatable bonds is 10. The second-order valence-electron chi connectivity index (χ2n) is 7.68. The molecule has 3 aromatic carbocycles. The van der Waals surface area contributed by atoms with Crippen molar-refractivity contribution in [2.45, 2.75) is 19.4 Å². The van der Waals surface area contributed by atoms with E-state index >= 15 is 0 Å². The topological polar surface area (TPSA) is 90.0 Å². The highest BCUT2D eigenvalue weighted by Crippen LogP contribution is 2.32. The molecule has 0 atom stereocenters. The summed E-state index contributed by atoms with van der Waals surface area (Å²) in [6.07, 6.45) is 0.616. The highest BCUT2D eigenvalue weighted by molar-refractivity contribution is 7.88. The second kappa shape index (κ2) is 11.0. The van der Waals surface area contributed by atoms with Gasteiger partial charge in [0, 0.05) is 24.0 Å². The predicted molar refractivity (Wildman–Crippen MR) is 130 cm³/mol. The number of methoxy groups -OCH3 is 2. The zero-order valence-electron chi connectivity index (χ0n) is 19.4. The van der Waals surface area contributed by atoms with Crippen molar-refractivity contribution in [3.05, 3.63) is 83.9 Å². The summed E-state index contributed by atoms with van der Waals surface area (Å²) < 4.78 is 36.1. The summed E-state index contributed by atoms with van der Waals surface area (Å²) in [4.78, 5) is 25.5. The number of amides is 1. The average Bonchev–Trinajstić information content (AvgIpc) is 2.85. The Bertz CT molecular complexity index is 1250. The largest absolute Gasteiger partial charge is 0.493 e. The molecular weight excluding hydrogens is 454 g/mol. The smallest absolute Gasteiger partial charge is 0.236 e. The first kappa shape index (κ1) is 25.0. The summed E-state index contributed by atoms with van der Waals surface area (Å²) in [6, 6.07) is 21.9. The lowest BCUT2D eigenvalue weighted by molar-refractivity contribution is -0.126. The Hall–Kier alpha value is -3.65. The number of Topliss-reactive ketones (excluding diaryl/α,β-unsaturated/α-hetero) is 1. The van der Waals surface area contributed by atoms with Crippen LogP contribution in [-0.4, -0.2) is 44.9 Å². The van der Waals surface area contributed by atoms with Crippen LogP contribution < -0.4 is 9.47 Å². The molecule has 7 nitrogen and oxygen atoms in total. The third-order valence-electron chi connectivity index (χ3n) is 5.36. The van der Waals surface area contributed by atoms with Crippen molar-refractivity contribution in [1.29, 1.82) is 0 Å². The molecule has 3 aromatic rings. The van der Waals surface area contributed by atoms with Gasteiger partial charge in [-0.05, 0) is 17.2 Å². The molecule has 0 aliphatic rings. The van der Waals surface area contributed by atoms with Crippen molar-refractivity contribution >= 4 is 21.7 Å². The molecule has 0 N–H and O–H groups in total. The van der Waals surface area contributed by atoms with Crippen LogP contribution in [0.4, 0.5) is 0 Å². The monoisotopic (exact) mass is 481 g/mol. The molecule has 8 heteroatoms. The fraction of sp³-hybridized carbons (Fsp3) is 0.231. The number of ether oxygens (including phenoxy) is 2. The molecule has 0 aliphatic carbocycles. The van der Waals surface area contributed by atoms with E-state index in [4.69, 9.17) is 9.47 Å². The highest BCUT2D eigenvalue weighted by Gasteiger charge is 2.26. The standard InChI is InChI=1S/C26H27NO6S/c1-32-24-11-7-10-22(26(24)33-2)18-27(34(3,30)31)25(29)17-16-23(28)21-14-12-20(13-15-21)19-8-5-4-6-9-19/h4-15H,16-18H2,1-3H3. The van der Waals surface area contributed by atoms with E-state index in [9.17, 15) is 18.0 Å². The number of ketones is 1. The number of hydrogen-bond donors (Lipinski definition) is 0. The molecule has 0 aromatic heterocycles. The normalized spacial score (nSPS) is 11.0. The van der Waals surface area contributed by atoms with Gasteiger partial charge in [0.15, 0.2) is 17.3 Å². The average molecular weight is 482 g/mol. The van der Waals surface area contributed by atoms with Crippen molar-refractivity contribution in [2.75, 3.05) is 20.5 Å². The summed E-state index contributed by atoms with van der Waals surface area (Å²) in [7, 11) is -0.968. The Kier molecular flexibility index (Phi) is 8.07. The van der Waals surface area contributed by atoms with Gasteiger partial charge in [0.05, 0.1) is 27.0 Å². The number of sulfonamides is 1. The van der Waals surface area contributed by atoms with Crippen LogP contribution in [0.5, 0.6) is 11.5 Å². The van der Waals surface area contributed by atoms with Crippen molar-refractivity contribution in [3.63, 3.8) is 0 Å². The Morgan fingerprint density at radius 2 is 1.44 bits per heavy atom. The van der Waals surface area contributed by atoms with E-state index in [-0.39, 0.29) is 25.2 Å². The van der Waals surface area contributed by atoms with Gasteiger partial charge in [-0.15, -0.1) is 0 Å². The first-order valence-electron chi connectivity index (χ1n) is 10.6. The molecule has 34 heavy (non-hydrogen) atoms. The highest BCUT2D eigenvalue weighted by atomic mass is 32.2. The van der Waals surface area contributed by atoms with Crippen LogP contribution in [0.15, 0.2) is 72.8 Å². The van der Waals surface area contributed by atoms with E-state index in [2.05, 4.69) is 0 Å².